The first-order valence-electron chi connectivity index (χ1n) is 8.73. The van der Waals surface area contributed by atoms with Crippen LogP contribution in [-0.2, 0) is 0 Å². The van der Waals surface area contributed by atoms with Crippen molar-refractivity contribution < 1.29 is 0 Å². The van der Waals surface area contributed by atoms with E-state index in [2.05, 4.69) is 25.0 Å². The molecule has 0 radical (unpaired) electrons. The van der Waals surface area contributed by atoms with Gasteiger partial charge in [-0.2, -0.15) is 15.6 Å². The molecule has 0 fully saturated rings. The number of aryl methyl sites for hydroxylation is 2. The van der Waals surface area contributed by atoms with E-state index in [1.165, 1.54) is 11.1 Å². The maximum absolute atomic E-state index is 12.7. The van der Waals surface area contributed by atoms with Gasteiger partial charge < -0.3 is 9.88 Å². The van der Waals surface area contributed by atoms with Crippen LogP contribution in [0.5, 0.6) is 0 Å². The second-order valence-corrected chi connectivity index (χ2v) is 6.45. The summed E-state index contributed by atoms with van der Waals surface area (Å²) in [5.41, 5.74) is 2.81. The molecule has 0 amide bonds. The summed E-state index contributed by atoms with van der Waals surface area (Å²) in [5, 5.41) is 22.8. The van der Waals surface area contributed by atoms with Crippen molar-refractivity contribution in [1.82, 2.24) is 29.5 Å². The number of pyridine rings is 1. The van der Waals surface area contributed by atoms with Gasteiger partial charge in [0, 0.05) is 17.6 Å². The molecule has 142 valence electrons. The number of rotatable bonds is 4. The number of nitrogens with one attached hydrogen (secondary N) is 1. The Kier molecular flexibility index (Phi) is 4.37. The lowest BCUT2D eigenvalue weighted by molar-refractivity contribution is 0.886. The minimum absolute atomic E-state index is 0.0554. The fraction of sp³-hybridized carbons (Fsp3) is 0.211. The molecule has 0 aliphatic carbocycles. The smallest absolute Gasteiger partial charge is 0.259 e. The Labute approximate surface area is 164 Å². The molecule has 0 saturated carbocycles. The molecule has 0 unspecified atom stereocenters. The summed E-state index contributed by atoms with van der Waals surface area (Å²) in [7, 11) is 0. The summed E-state index contributed by atoms with van der Waals surface area (Å²) in [6, 6.07) is 7.47. The van der Waals surface area contributed by atoms with Gasteiger partial charge in [-0.3, -0.25) is 4.79 Å². The number of nitriles is 2. The normalized spacial score (nSPS) is 10.8. The van der Waals surface area contributed by atoms with Crippen molar-refractivity contribution in [3.05, 3.63) is 46.3 Å². The summed E-state index contributed by atoms with van der Waals surface area (Å²) in [4.78, 5) is 30.4. The van der Waals surface area contributed by atoms with Crippen molar-refractivity contribution in [3.8, 4) is 23.5 Å². The molecule has 10 nitrogen and oxygen atoms in total. The lowest BCUT2D eigenvalue weighted by Crippen LogP contribution is -2.26. The van der Waals surface area contributed by atoms with Crippen molar-refractivity contribution >= 4 is 22.4 Å². The van der Waals surface area contributed by atoms with Crippen molar-refractivity contribution in [2.45, 2.75) is 13.8 Å². The average Bonchev–Trinajstić information content (AvgIpc) is 3.11. The number of hydrogen-bond donors (Lipinski definition) is 1. The van der Waals surface area contributed by atoms with Gasteiger partial charge in [0.25, 0.3) is 5.56 Å². The molecule has 0 saturated heterocycles. The van der Waals surface area contributed by atoms with Gasteiger partial charge >= 0.3 is 0 Å². The Bertz CT molecular complexity index is 1370. The maximum atomic E-state index is 12.7. The van der Waals surface area contributed by atoms with Crippen LogP contribution in [-0.4, -0.2) is 42.6 Å². The zero-order valence-electron chi connectivity index (χ0n) is 15.7. The number of hydrogen-bond acceptors (Lipinski definition) is 8. The molecule has 0 atom stereocenters. The molecule has 29 heavy (non-hydrogen) atoms. The fourth-order valence-corrected chi connectivity index (χ4v) is 3.22. The lowest BCUT2D eigenvalue weighted by Gasteiger charge is -2.18. The van der Waals surface area contributed by atoms with Gasteiger partial charge in [0.2, 0.25) is 0 Å². The zero-order chi connectivity index (χ0) is 20.5. The van der Waals surface area contributed by atoms with Crippen LogP contribution in [0.3, 0.4) is 0 Å². The molecule has 4 aromatic heterocycles. The fourth-order valence-electron chi connectivity index (χ4n) is 3.22. The Morgan fingerprint density at radius 1 is 1.21 bits per heavy atom. The third-order valence-corrected chi connectivity index (χ3v) is 4.46. The summed E-state index contributed by atoms with van der Waals surface area (Å²) < 4.78 is 1.67. The highest BCUT2D eigenvalue weighted by atomic mass is 16.1. The summed E-state index contributed by atoms with van der Waals surface area (Å²) in [5.74, 6) is 0.591. The van der Waals surface area contributed by atoms with Gasteiger partial charge in [-0.1, -0.05) is 0 Å². The number of aromatic nitrogens is 6. The van der Waals surface area contributed by atoms with Crippen molar-refractivity contribution in [2.24, 2.45) is 0 Å². The van der Waals surface area contributed by atoms with E-state index >= 15 is 0 Å². The summed E-state index contributed by atoms with van der Waals surface area (Å²) in [6.07, 6.45) is 3.05. The molecule has 0 aliphatic heterocycles. The highest BCUT2D eigenvalue weighted by Gasteiger charge is 2.18. The van der Waals surface area contributed by atoms with Crippen molar-refractivity contribution in [3.63, 3.8) is 0 Å². The van der Waals surface area contributed by atoms with E-state index in [0.29, 0.717) is 27.9 Å². The minimum atomic E-state index is -0.355. The van der Waals surface area contributed by atoms with Crippen LogP contribution in [0.2, 0.25) is 0 Å². The maximum Gasteiger partial charge on any atom is 0.259 e. The Balaban J connectivity index is 1.99. The standard InChI is InChI=1S/C19H15N9O/c1-11-9-12(2)28-17(24-11)14(10-23-28)16-25-15-13(19(29)26-16)3-6-22-18(15)27(7-4-20)8-5-21/h3,6,9-10H,7-8H2,1-2H3,(H,25,26,29). The van der Waals surface area contributed by atoms with Crippen LogP contribution >= 0.6 is 0 Å². The van der Waals surface area contributed by atoms with Gasteiger partial charge in [0.05, 0.1) is 29.3 Å². The number of fused-ring (bicyclic) bond motifs is 2. The first-order valence-corrected chi connectivity index (χ1v) is 8.73. The molecule has 10 heteroatoms. The van der Waals surface area contributed by atoms with Crippen LogP contribution < -0.4 is 10.5 Å². The Hall–Kier alpha value is -4.31. The monoisotopic (exact) mass is 385 g/mol. The van der Waals surface area contributed by atoms with Gasteiger partial charge in [-0.25, -0.2) is 19.5 Å². The molecule has 0 aliphatic rings. The van der Waals surface area contributed by atoms with E-state index in [1.807, 2.05) is 32.1 Å². The molecule has 0 aromatic carbocycles. The molecule has 4 aromatic rings. The van der Waals surface area contributed by atoms with E-state index in [4.69, 9.17) is 10.5 Å². The van der Waals surface area contributed by atoms with Crippen LogP contribution in [0.1, 0.15) is 11.4 Å². The van der Waals surface area contributed by atoms with E-state index in [1.54, 1.807) is 16.8 Å². The zero-order valence-corrected chi connectivity index (χ0v) is 15.7. The van der Waals surface area contributed by atoms with Crippen LogP contribution in [0, 0.1) is 36.5 Å². The highest BCUT2D eigenvalue weighted by Crippen LogP contribution is 2.25. The van der Waals surface area contributed by atoms with Gasteiger partial charge in [-0.05, 0) is 26.0 Å². The van der Waals surface area contributed by atoms with Gasteiger partial charge in [-0.15, -0.1) is 0 Å². The molecular weight excluding hydrogens is 370 g/mol. The van der Waals surface area contributed by atoms with Crippen molar-refractivity contribution in [1.29, 1.82) is 10.5 Å². The number of anilines is 1. The van der Waals surface area contributed by atoms with Crippen LogP contribution in [0.4, 0.5) is 5.82 Å². The second kappa shape index (κ2) is 7.02. The van der Waals surface area contributed by atoms with Crippen LogP contribution in [0.25, 0.3) is 27.9 Å². The molecule has 4 rings (SSSR count). The lowest BCUT2D eigenvalue weighted by atomic mass is 10.2. The molecule has 0 bridgehead atoms. The number of nitrogens with zero attached hydrogens (tertiary/aromatic N) is 8. The quantitative estimate of drug-likeness (QED) is 0.521. The van der Waals surface area contributed by atoms with E-state index < -0.39 is 0 Å². The van der Waals surface area contributed by atoms with Gasteiger partial charge in [0.1, 0.15) is 24.4 Å². The SMILES string of the molecule is Cc1cc(C)n2ncc(-c3nc4c(N(CC#N)CC#N)nccc4c(=O)[nH]3)c2n1. The van der Waals surface area contributed by atoms with Crippen LogP contribution in [0.15, 0.2) is 29.3 Å². The first kappa shape index (κ1) is 18.1. The molecular formula is C19H15N9O. The second-order valence-electron chi connectivity index (χ2n) is 6.45. The largest absolute Gasteiger partial charge is 0.328 e. The van der Waals surface area contributed by atoms with Gasteiger partial charge in [0.15, 0.2) is 11.5 Å². The Morgan fingerprint density at radius 3 is 2.69 bits per heavy atom. The molecule has 1 N–H and O–H groups in total. The third-order valence-electron chi connectivity index (χ3n) is 4.46. The summed E-state index contributed by atoms with van der Waals surface area (Å²) >= 11 is 0. The minimum Gasteiger partial charge on any atom is -0.328 e. The molecule has 0 spiro atoms. The third kappa shape index (κ3) is 3.03. The molecule has 4 heterocycles. The van der Waals surface area contributed by atoms with E-state index in [0.717, 1.165) is 11.4 Å². The average molecular weight is 385 g/mol. The predicted octanol–water partition coefficient (Wildman–Crippen LogP) is 1.50. The highest BCUT2D eigenvalue weighted by molar-refractivity contribution is 5.90. The summed E-state index contributed by atoms with van der Waals surface area (Å²) in [6.45, 7) is 3.68. The number of aromatic amines is 1. The number of H-pyrrole nitrogens is 1. The Morgan fingerprint density at radius 2 is 1.97 bits per heavy atom. The topological polar surface area (TPSA) is 140 Å². The van der Waals surface area contributed by atoms with Crippen molar-refractivity contribution in [2.75, 3.05) is 18.0 Å². The van der Waals surface area contributed by atoms with E-state index in [9.17, 15) is 4.79 Å². The first-order chi connectivity index (χ1) is 14.0. The van der Waals surface area contributed by atoms with E-state index in [-0.39, 0.29) is 24.5 Å². The predicted molar refractivity (Wildman–Crippen MR) is 105 cm³/mol.